The summed E-state index contributed by atoms with van der Waals surface area (Å²) in [7, 11) is 0. The molecule has 1 aromatic carbocycles. The fraction of sp³-hybridized carbons (Fsp3) is 0.600. The molecule has 0 spiro atoms. The Balaban J connectivity index is 1.58. The van der Waals surface area contributed by atoms with E-state index in [1.807, 2.05) is 18.2 Å². The van der Waals surface area contributed by atoms with Gasteiger partial charge < -0.3 is 15.1 Å². The molecule has 1 fully saturated rings. The Bertz CT molecular complexity index is 724. The zero-order valence-corrected chi connectivity index (χ0v) is 15.5. The van der Waals surface area contributed by atoms with Crippen molar-refractivity contribution in [2.45, 2.75) is 52.9 Å². The number of nitrogens with zero attached hydrogens (tertiary/aromatic N) is 1. The molecule has 0 aliphatic carbocycles. The summed E-state index contributed by atoms with van der Waals surface area (Å²) in [4.78, 5) is 16.8. The van der Waals surface area contributed by atoms with E-state index in [-0.39, 0.29) is 11.3 Å². The molecule has 0 unspecified atom stereocenters. The van der Waals surface area contributed by atoms with Crippen LogP contribution in [0.15, 0.2) is 22.6 Å². The smallest absolute Gasteiger partial charge is 0.224 e. The zero-order valence-electron chi connectivity index (χ0n) is 15.5. The maximum absolute atomic E-state index is 12.2. The maximum Gasteiger partial charge on any atom is 0.224 e. The van der Waals surface area contributed by atoms with E-state index in [2.05, 4.69) is 36.4 Å². The van der Waals surface area contributed by atoms with Gasteiger partial charge in [0.05, 0.1) is 0 Å². The second-order valence-corrected chi connectivity index (χ2v) is 8.31. The zero-order chi connectivity index (χ0) is 17.9. The number of rotatable bonds is 5. The van der Waals surface area contributed by atoms with Gasteiger partial charge in [-0.3, -0.25) is 4.79 Å². The van der Waals surface area contributed by atoms with E-state index in [0.29, 0.717) is 12.3 Å². The molecular weight excluding hydrogens is 314 g/mol. The van der Waals surface area contributed by atoms with Crippen molar-refractivity contribution < 1.29 is 9.21 Å². The van der Waals surface area contributed by atoms with Crippen LogP contribution >= 0.6 is 0 Å². The molecule has 1 aromatic heterocycles. The largest absolute Gasteiger partial charge is 0.441 e. The maximum atomic E-state index is 12.2. The van der Waals surface area contributed by atoms with Gasteiger partial charge in [0.2, 0.25) is 5.91 Å². The number of nitrogens with one attached hydrogen (secondary N) is 2. The number of amides is 1. The van der Waals surface area contributed by atoms with Gasteiger partial charge in [-0.1, -0.05) is 20.8 Å². The van der Waals surface area contributed by atoms with E-state index in [0.717, 1.165) is 48.6 Å². The number of carbonyl (C=O) groups is 1. The molecule has 1 aliphatic rings. The molecule has 25 heavy (non-hydrogen) atoms. The normalized spacial score (nSPS) is 16.3. The predicted molar refractivity (Wildman–Crippen MR) is 101 cm³/mol. The average molecular weight is 343 g/mol. The molecule has 1 amide bonds. The minimum Gasteiger partial charge on any atom is -0.441 e. The number of oxazole rings is 1. The molecule has 0 bridgehead atoms. The SMILES string of the molecule is CC(C)(C)Cc1nc2cc(NC(=O)CCC3CCNCC3)ccc2o1. The van der Waals surface area contributed by atoms with Crippen molar-refractivity contribution in [2.75, 3.05) is 18.4 Å². The molecule has 0 saturated carbocycles. The van der Waals surface area contributed by atoms with Gasteiger partial charge in [0, 0.05) is 18.5 Å². The van der Waals surface area contributed by atoms with Crippen LogP contribution in [0.3, 0.4) is 0 Å². The van der Waals surface area contributed by atoms with Crippen LogP contribution in [0.4, 0.5) is 5.69 Å². The second kappa shape index (κ2) is 7.56. The van der Waals surface area contributed by atoms with Gasteiger partial charge in [-0.25, -0.2) is 4.98 Å². The van der Waals surface area contributed by atoms with Crippen molar-refractivity contribution in [1.82, 2.24) is 10.3 Å². The van der Waals surface area contributed by atoms with Gasteiger partial charge in [-0.15, -0.1) is 0 Å². The lowest BCUT2D eigenvalue weighted by molar-refractivity contribution is -0.116. The lowest BCUT2D eigenvalue weighted by atomic mass is 9.92. The first kappa shape index (κ1) is 17.9. The number of benzene rings is 1. The Labute approximate surface area is 149 Å². The van der Waals surface area contributed by atoms with Crippen molar-refractivity contribution in [2.24, 2.45) is 11.3 Å². The molecule has 5 nitrogen and oxygen atoms in total. The summed E-state index contributed by atoms with van der Waals surface area (Å²) < 4.78 is 5.80. The summed E-state index contributed by atoms with van der Waals surface area (Å²) in [6.07, 6.45) is 4.69. The number of fused-ring (bicyclic) bond motifs is 1. The number of carbonyl (C=O) groups excluding carboxylic acids is 1. The minimum absolute atomic E-state index is 0.0799. The Kier molecular flexibility index (Phi) is 5.42. The van der Waals surface area contributed by atoms with Crippen molar-refractivity contribution >= 4 is 22.7 Å². The molecule has 2 heterocycles. The Morgan fingerprint density at radius 2 is 2.08 bits per heavy atom. The molecule has 2 N–H and O–H groups in total. The summed E-state index contributed by atoms with van der Waals surface area (Å²) in [6, 6.07) is 5.67. The highest BCUT2D eigenvalue weighted by Crippen LogP contribution is 2.25. The second-order valence-electron chi connectivity index (χ2n) is 8.31. The highest BCUT2D eigenvalue weighted by Gasteiger charge is 2.17. The third kappa shape index (κ3) is 5.30. The third-order valence-electron chi connectivity index (χ3n) is 4.64. The van der Waals surface area contributed by atoms with Crippen LogP contribution in [0, 0.1) is 11.3 Å². The Hall–Kier alpha value is -1.88. The topological polar surface area (TPSA) is 67.2 Å². The van der Waals surface area contributed by atoms with Crippen molar-refractivity contribution in [3.05, 3.63) is 24.1 Å². The number of hydrogen-bond donors (Lipinski definition) is 2. The molecule has 0 radical (unpaired) electrons. The molecular formula is C20H29N3O2. The van der Waals surface area contributed by atoms with Crippen LogP contribution < -0.4 is 10.6 Å². The van der Waals surface area contributed by atoms with Crippen LogP contribution in [-0.2, 0) is 11.2 Å². The van der Waals surface area contributed by atoms with Gasteiger partial charge >= 0.3 is 0 Å². The van der Waals surface area contributed by atoms with E-state index < -0.39 is 0 Å². The summed E-state index contributed by atoms with van der Waals surface area (Å²) in [5.41, 5.74) is 2.49. The van der Waals surface area contributed by atoms with Gasteiger partial charge in [0.25, 0.3) is 0 Å². The van der Waals surface area contributed by atoms with Crippen LogP contribution in [-0.4, -0.2) is 24.0 Å². The van der Waals surface area contributed by atoms with Crippen molar-refractivity contribution in [1.29, 1.82) is 0 Å². The average Bonchev–Trinajstić information content (AvgIpc) is 2.93. The Morgan fingerprint density at radius 1 is 1.32 bits per heavy atom. The van der Waals surface area contributed by atoms with Gasteiger partial charge in [-0.05, 0) is 61.9 Å². The lowest BCUT2D eigenvalue weighted by Gasteiger charge is -2.22. The number of piperidine rings is 1. The van der Waals surface area contributed by atoms with E-state index in [4.69, 9.17) is 4.42 Å². The highest BCUT2D eigenvalue weighted by molar-refractivity contribution is 5.92. The van der Waals surface area contributed by atoms with Gasteiger partial charge in [0.15, 0.2) is 11.5 Å². The van der Waals surface area contributed by atoms with Crippen molar-refractivity contribution in [3.63, 3.8) is 0 Å². The van der Waals surface area contributed by atoms with Crippen molar-refractivity contribution in [3.8, 4) is 0 Å². The minimum atomic E-state index is 0.0799. The van der Waals surface area contributed by atoms with E-state index in [1.54, 1.807) is 0 Å². The number of anilines is 1. The van der Waals surface area contributed by atoms with E-state index >= 15 is 0 Å². The number of hydrogen-bond acceptors (Lipinski definition) is 4. The van der Waals surface area contributed by atoms with Crippen LogP contribution in [0.1, 0.15) is 52.3 Å². The monoisotopic (exact) mass is 343 g/mol. The summed E-state index contributed by atoms with van der Waals surface area (Å²) in [5.74, 6) is 1.50. The predicted octanol–water partition coefficient (Wildman–Crippen LogP) is 4.13. The summed E-state index contributed by atoms with van der Waals surface area (Å²) in [6.45, 7) is 8.64. The first-order valence-electron chi connectivity index (χ1n) is 9.29. The quantitative estimate of drug-likeness (QED) is 0.856. The van der Waals surface area contributed by atoms with Gasteiger partial charge in [0.1, 0.15) is 5.52 Å². The first-order chi connectivity index (χ1) is 11.9. The highest BCUT2D eigenvalue weighted by atomic mass is 16.3. The standard InChI is InChI=1S/C20H29N3O2/c1-20(2,3)13-19-23-16-12-15(5-6-17(16)25-19)22-18(24)7-4-14-8-10-21-11-9-14/h5-6,12,14,21H,4,7-11,13H2,1-3H3,(H,22,24). The molecule has 3 rings (SSSR count). The first-order valence-corrected chi connectivity index (χ1v) is 9.29. The van der Waals surface area contributed by atoms with Crippen LogP contribution in [0.25, 0.3) is 11.1 Å². The molecule has 5 heteroatoms. The summed E-state index contributed by atoms with van der Waals surface area (Å²) >= 11 is 0. The molecule has 2 aromatic rings. The molecule has 0 atom stereocenters. The Morgan fingerprint density at radius 3 is 2.80 bits per heavy atom. The van der Waals surface area contributed by atoms with E-state index in [9.17, 15) is 4.79 Å². The molecule has 1 aliphatic heterocycles. The fourth-order valence-corrected chi connectivity index (χ4v) is 3.31. The summed E-state index contributed by atoms with van der Waals surface area (Å²) in [5, 5.41) is 6.35. The molecule has 1 saturated heterocycles. The fourth-order valence-electron chi connectivity index (χ4n) is 3.31. The van der Waals surface area contributed by atoms with Crippen LogP contribution in [0.2, 0.25) is 0 Å². The third-order valence-corrected chi connectivity index (χ3v) is 4.64. The van der Waals surface area contributed by atoms with Crippen LogP contribution in [0.5, 0.6) is 0 Å². The molecule has 136 valence electrons. The number of aromatic nitrogens is 1. The van der Waals surface area contributed by atoms with Gasteiger partial charge in [-0.2, -0.15) is 0 Å². The lowest BCUT2D eigenvalue weighted by Crippen LogP contribution is -2.28. The van der Waals surface area contributed by atoms with E-state index in [1.165, 1.54) is 12.8 Å².